The van der Waals surface area contributed by atoms with Crippen LogP contribution >= 0.6 is 0 Å². The Kier molecular flexibility index (Phi) is 6.57. The molecule has 1 aromatic heterocycles. The van der Waals surface area contributed by atoms with Gasteiger partial charge in [-0.05, 0) is 60.7 Å². The molecule has 2 aliphatic heterocycles. The van der Waals surface area contributed by atoms with Crippen LogP contribution in [0.1, 0.15) is 40.5 Å². The maximum absolute atomic E-state index is 14.0. The summed E-state index contributed by atoms with van der Waals surface area (Å²) < 4.78 is 19.4. The van der Waals surface area contributed by atoms with Crippen LogP contribution in [-0.4, -0.2) is 53.8 Å². The van der Waals surface area contributed by atoms with Gasteiger partial charge in [-0.3, -0.25) is 14.4 Å². The second kappa shape index (κ2) is 9.97. The van der Waals surface area contributed by atoms with E-state index in [-0.39, 0.29) is 24.3 Å². The lowest BCUT2D eigenvalue weighted by Gasteiger charge is -2.36. The van der Waals surface area contributed by atoms with E-state index in [2.05, 4.69) is 21.5 Å². The van der Waals surface area contributed by atoms with Crippen molar-refractivity contribution in [1.29, 1.82) is 0 Å². The molecule has 3 amide bonds. The number of aromatic amines is 1. The van der Waals surface area contributed by atoms with E-state index >= 15 is 0 Å². The Hall–Kier alpha value is -4.32. The number of rotatable bonds is 6. The van der Waals surface area contributed by atoms with Gasteiger partial charge < -0.3 is 25.3 Å². The first-order chi connectivity index (χ1) is 17.9. The summed E-state index contributed by atoms with van der Waals surface area (Å²) in [6.07, 6.45) is 7.04. The van der Waals surface area contributed by atoms with Crippen LogP contribution in [0.15, 0.2) is 42.5 Å². The first-order valence-corrected chi connectivity index (χ1v) is 12.2. The third-order valence-corrected chi connectivity index (χ3v) is 7.12. The van der Waals surface area contributed by atoms with Gasteiger partial charge in [0, 0.05) is 29.9 Å². The largest absolute Gasteiger partial charge is 0.496 e. The molecule has 0 radical (unpaired) electrons. The first kappa shape index (κ1) is 24.4. The van der Waals surface area contributed by atoms with Crippen molar-refractivity contribution in [2.75, 3.05) is 20.2 Å². The van der Waals surface area contributed by atoms with Gasteiger partial charge in [-0.1, -0.05) is 18.1 Å². The number of halogens is 1. The molecule has 0 spiro atoms. The monoisotopic (exact) mass is 502 g/mol. The molecule has 3 aromatic rings. The molecule has 2 aromatic carbocycles. The molecule has 3 heterocycles. The topological polar surface area (TPSA) is 104 Å². The van der Waals surface area contributed by atoms with Gasteiger partial charge in [0.1, 0.15) is 23.3 Å². The van der Waals surface area contributed by atoms with Crippen molar-refractivity contribution in [2.24, 2.45) is 5.92 Å². The number of terminal acetylenes is 1. The van der Waals surface area contributed by atoms with Crippen molar-refractivity contribution in [3.63, 3.8) is 0 Å². The minimum absolute atomic E-state index is 0.0842. The van der Waals surface area contributed by atoms with Gasteiger partial charge in [0.25, 0.3) is 5.91 Å². The second-order valence-corrected chi connectivity index (χ2v) is 9.34. The molecule has 0 aliphatic carbocycles. The first-order valence-electron chi connectivity index (χ1n) is 12.2. The third-order valence-electron chi connectivity index (χ3n) is 7.12. The summed E-state index contributed by atoms with van der Waals surface area (Å²) in [6, 6.07) is 9.67. The number of H-pyrrole nitrogens is 1. The van der Waals surface area contributed by atoms with Crippen LogP contribution < -0.4 is 15.4 Å². The normalized spacial score (nSPS) is 19.6. The second-order valence-electron chi connectivity index (χ2n) is 9.34. The molecule has 3 unspecified atom stereocenters. The van der Waals surface area contributed by atoms with E-state index in [0.717, 1.165) is 10.9 Å². The molecule has 1 fully saturated rings. The minimum Gasteiger partial charge on any atom is -0.496 e. The summed E-state index contributed by atoms with van der Waals surface area (Å²) in [5.74, 6) is 1.56. The lowest BCUT2D eigenvalue weighted by molar-refractivity contribution is -0.127. The number of amides is 3. The van der Waals surface area contributed by atoms with Gasteiger partial charge in [0.05, 0.1) is 13.2 Å². The Morgan fingerprint density at radius 2 is 2.14 bits per heavy atom. The number of aromatic nitrogens is 1. The zero-order chi connectivity index (χ0) is 26.1. The van der Waals surface area contributed by atoms with Gasteiger partial charge in [0.15, 0.2) is 0 Å². The Bertz CT molecular complexity index is 1430. The molecular formula is C28H27FN4O4. The Labute approximate surface area is 213 Å². The van der Waals surface area contributed by atoms with Gasteiger partial charge in [-0.25, -0.2) is 4.39 Å². The highest BCUT2D eigenvalue weighted by atomic mass is 19.1. The van der Waals surface area contributed by atoms with Crippen molar-refractivity contribution >= 4 is 28.6 Å². The fourth-order valence-corrected chi connectivity index (χ4v) is 5.25. The summed E-state index contributed by atoms with van der Waals surface area (Å²) in [4.78, 5) is 44.0. The zero-order valence-electron chi connectivity index (χ0n) is 20.3. The molecule has 5 rings (SSSR count). The Morgan fingerprint density at radius 3 is 2.86 bits per heavy atom. The summed E-state index contributed by atoms with van der Waals surface area (Å²) in [7, 11) is 1.56. The SMILES string of the molecule is C#CC(CC1CCNC1=O)NC(=O)C1c2ccc(F)cc2CCN1C(=O)c1cc2c(OC)cccc2[nH]1. The van der Waals surface area contributed by atoms with Gasteiger partial charge in [-0.15, -0.1) is 6.42 Å². The summed E-state index contributed by atoms with van der Waals surface area (Å²) in [5, 5.41) is 6.37. The third kappa shape index (κ3) is 4.62. The van der Waals surface area contributed by atoms with Gasteiger partial charge in [0.2, 0.25) is 11.8 Å². The number of hydrogen-bond acceptors (Lipinski definition) is 4. The molecular weight excluding hydrogens is 475 g/mol. The summed E-state index contributed by atoms with van der Waals surface area (Å²) in [6.45, 7) is 0.791. The molecule has 190 valence electrons. The Balaban J connectivity index is 1.46. The van der Waals surface area contributed by atoms with Gasteiger partial charge in [-0.2, -0.15) is 0 Å². The van der Waals surface area contributed by atoms with Crippen molar-refractivity contribution in [2.45, 2.75) is 31.3 Å². The predicted molar refractivity (Wildman–Crippen MR) is 135 cm³/mol. The Morgan fingerprint density at radius 1 is 1.30 bits per heavy atom. The van der Waals surface area contributed by atoms with E-state index < -0.39 is 23.8 Å². The van der Waals surface area contributed by atoms with Crippen LogP contribution in [0.4, 0.5) is 4.39 Å². The van der Waals surface area contributed by atoms with E-state index in [1.807, 2.05) is 12.1 Å². The lowest BCUT2D eigenvalue weighted by atomic mass is 9.91. The van der Waals surface area contributed by atoms with Crippen LogP contribution in [-0.2, 0) is 16.0 Å². The number of fused-ring (bicyclic) bond motifs is 2. The smallest absolute Gasteiger partial charge is 0.271 e. The van der Waals surface area contributed by atoms with E-state index in [4.69, 9.17) is 11.2 Å². The maximum Gasteiger partial charge on any atom is 0.271 e. The molecule has 0 bridgehead atoms. The van der Waals surface area contributed by atoms with Crippen LogP contribution in [0.5, 0.6) is 5.75 Å². The number of ether oxygens (including phenoxy) is 1. The highest BCUT2D eigenvalue weighted by molar-refractivity contribution is 6.02. The van der Waals surface area contributed by atoms with Crippen LogP contribution in [0.25, 0.3) is 10.9 Å². The van der Waals surface area contributed by atoms with Crippen LogP contribution in [0.2, 0.25) is 0 Å². The quantitative estimate of drug-likeness (QED) is 0.451. The number of carbonyl (C=O) groups is 3. The van der Waals surface area contributed by atoms with E-state index in [9.17, 15) is 18.8 Å². The van der Waals surface area contributed by atoms with Crippen molar-refractivity contribution in [1.82, 2.24) is 20.5 Å². The van der Waals surface area contributed by atoms with Crippen LogP contribution in [0, 0.1) is 24.1 Å². The number of nitrogens with zero attached hydrogens (tertiary/aromatic N) is 1. The summed E-state index contributed by atoms with van der Waals surface area (Å²) in [5.41, 5.74) is 2.24. The average Bonchev–Trinajstić information content (AvgIpc) is 3.52. The van der Waals surface area contributed by atoms with Crippen molar-refractivity contribution < 1.29 is 23.5 Å². The highest BCUT2D eigenvalue weighted by Crippen LogP contribution is 2.33. The average molecular weight is 503 g/mol. The van der Waals surface area contributed by atoms with Gasteiger partial charge >= 0.3 is 0 Å². The molecule has 3 atom stereocenters. The van der Waals surface area contributed by atoms with Crippen LogP contribution in [0.3, 0.4) is 0 Å². The van der Waals surface area contributed by atoms with Crippen molar-refractivity contribution in [3.05, 3.63) is 65.1 Å². The minimum atomic E-state index is -1.02. The number of hydrogen-bond donors (Lipinski definition) is 3. The van der Waals surface area contributed by atoms with E-state index in [1.54, 1.807) is 19.2 Å². The standard InChI is InChI=1S/C28H27FN4O4/c1-3-19(14-17-9-11-30-26(17)34)31-27(35)25-20-8-7-18(29)13-16(20)10-12-33(25)28(36)23-15-21-22(32-23)5-4-6-24(21)37-2/h1,4-8,13,15,17,19,25,32H,9-12,14H2,2H3,(H,30,34)(H,31,35). The molecule has 0 saturated carbocycles. The number of methoxy groups -OCH3 is 1. The molecule has 9 heteroatoms. The molecule has 8 nitrogen and oxygen atoms in total. The predicted octanol–water partition coefficient (Wildman–Crippen LogP) is 2.70. The molecule has 37 heavy (non-hydrogen) atoms. The van der Waals surface area contributed by atoms with E-state index in [1.165, 1.54) is 23.1 Å². The number of nitrogens with one attached hydrogen (secondary N) is 3. The highest BCUT2D eigenvalue weighted by Gasteiger charge is 2.38. The molecule has 3 N–H and O–H groups in total. The molecule has 2 aliphatic rings. The lowest BCUT2D eigenvalue weighted by Crippen LogP contribution is -2.49. The number of benzene rings is 2. The van der Waals surface area contributed by atoms with Crippen molar-refractivity contribution in [3.8, 4) is 18.1 Å². The molecule has 1 saturated heterocycles. The number of carbonyl (C=O) groups excluding carboxylic acids is 3. The zero-order valence-corrected chi connectivity index (χ0v) is 20.3. The fraction of sp³-hybridized carbons (Fsp3) is 0.321. The van der Waals surface area contributed by atoms with E-state index in [0.29, 0.717) is 48.4 Å². The summed E-state index contributed by atoms with van der Waals surface area (Å²) >= 11 is 0. The fourth-order valence-electron chi connectivity index (χ4n) is 5.25. The maximum atomic E-state index is 14.0.